The van der Waals surface area contributed by atoms with Crippen molar-refractivity contribution in [3.8, 4) is 0 Å². The summed E-state index contributed by atoms with van der Waals surface area (Å²) in [4.78, 5) is 24.2. The Hall–Kier alpha value is -2.16. The van der Waals surface area contributed by atoms with Gasteiger partial charge in [-0.3, -0.25) is 4.79 Å². The van der Waals surface area contributed by atoms with Crippen LogP contribution in [0.4, 0.5) is 0 Å². The first-order chi connectivity index (χ1) is 13.3. The monoisotopic (exact) mass is 392 g/mol. The smallest absolute Gasteiger partial charge is 0.334 e. The normalized spacial score (nSPS) is 36.3. The van der Waals surface area contributed by atoms with Crippen LogP contribution in [0.25, 0.3) is 0 Å². The number of esters is 1. The molecule has 2 saturated heterocycles. The van der Waals surface area contributed by atoms with Crippen molar-refractivity contribution < 1.29 is 38.8 Å². The molecule has 1 aliphatic carbocycles. The molecule has 2 aliphatic heterocycles. The molecule has 0 amide bonds. The van der Waals surface area contributed by atoms with Crippen LogP contribution in [0.15, 0.2) is 34.2 Å². The lowest BCUT2D eigenvalue weighted by atomic mass is 9.63. The van der Waals surface area contributed by atoms with Gasteiger partial charge in [0.1, 0.15) is 6.61 Å². The number of carboxylic acid groups (broad SMARTS) is 1. The molecule has 1 aromatic heterocycles. The van der Waals surface area contributed by atoms with Crippen LogP contribution in [0.2, 0.25) is 0 Å². The minimum Gasteiger partial charge on any atom is -0.478 e. The van der Waals surface area contributed by atoms with Crippen LogP contribution < -0.4 is 0 Å². The molecular formula is C20H24O8. The van der Waals surface area contributed by atoms with Gasteiger partial charge >= 0.3 is 11.9 Å². The Morgan fingerprint density at radius 3 is 2.89 bits per heavy atom. The average molecular weight is 392 g/mol. The van der Waals surface area contributed by atoms with Gasteiger partial charge in [-0.05, 0) is 38.7 Å². The summed E-state index contributed by atoms with van der Waals surface area (Å²) in [5.74, 6) is -3.59. The highest BCUT2D eigenvalue weighted by Crippen LogP contribution is 2.60. The maximum atomic E-state index is 12.2. The van der Waals surface area contributed by atoms with Gasteiger partial charge in [-0.15, -0.1) is 0 Å². The van der Waals surface area contributed by atoms with Crippen molar-refractivity contribution >= 4 is 11.9 Å². The van der Waals surface area contributed by atoms with Crippen molar-refractivity contribution in [1.82, 2.24) is 0 Å². The molecule has 1 unspecified atom stereocenters. The predicted molar refractivity (Wildman–Crippen MR) is 93.8 cm³/mol. The molecule has 3 N–H and O–H groups in total. The maximum Gasteiger partial charge on any atom is 0.334 e. The summed E-state index contributed by atoms with van der Waals surface area (Å²) in [5, 5.41) is 31.4. The molecule has 3 heterocycles. The number of hydrogen-bond acceptors (Lipinski definition) is 7. The zero-order chi connectivity index (χ0) is 20.1. The molecular weight excluding hydrogens is 368 g/mol. The number of cyclic esters (lactones) is 1. The Labute approximate surface area is 161 Å². The van der Waals surface area contributed by atoms with E-state index in [0.29, 0.717) is 30.4 Å². The standard InChI is InChI=1S/C20H24O8/c1-11(7-14(21)12-4-6-26-9-12)16(17(22)23)15-8-19-10-27-18(24)13(19)3-2-5-20(19,25)28-15/h4,6,9,13-15,21,25H,2-3,5,7-8,10H2,1H3,(H,22,23)/b16-11-/t13-,14?,15-,19+,20+/m0/s1. The van der Waals surface area contributed by atoms with E-state index < -0.39 is 35.3 Å². The van der Waals surface area contributed by atoms with Gasteiger partial charge < -0.3 is 29.2 Å². The average Bonchev–Trinajstić information content (AvgIpc) is 3.31. The second kappa shape index (κ2) is 6.72. The van der Waals surface area contributed by atoms with E-state index in [0.717, 1.165) is 0 Å². The van der Waals surface area contributed by atoms with Crippen LogP contribution in [0.5, 0.6) is 0 Å². The summed E-state index contributed by atoms with van der Waals surface area (Å²) < 4.78 is 16.1. The second-order valence-electron chi connectivity index (χ2n) is 8.08. The van der Waals surface area contributed by atoms with Gasteiger partial charge in [-0.2, -0.15) is 0 Å². The van der Waals surface area contributed by atoms with E-state index in [1.807, 2.05) is 0 Å². The molecule has 5 atom stereocenters. The Kier molecular flexibility index (Phi) is 4.60. The van der Waals surface area contributed by atoms with E-state index in [4.69, 9.17) is 13.9 Å². The number of aliphatic carboxylic acids is 1. The lowest BCUT2D eigenvalue weighted by molar-refractivity contribution is -0.258. The van der Waals surface area contributed by atoms with Crippen molar-refractivity contribution in [2.75, 3.05) is 6.61 Å². The van der Waals surface area contributed by atoms with Gasteiger partial charge in [-0.25, -0.2) is 4.79 Å². The van der Waals surface area contributed by atoms with Crippen LogP contribution in [-0.2, 0) is 19.1 Å². The largest absolute Gasteiger partial charge is 0.478 e. The highest BCUT2D eigenvalue weighted by Gasteiger charge is 2.70. The Morgan fingerprint density at radius 1 is 1.43 bits per heavy atom. The lowest BCUT2D eigenvalue weighted by Crippen LogP contribution is -2.52. The summed E-state index contributed by atoms with van der Waals surface area (Å²) in [6, 6.07) is 1.62. The zero-order valence-corrected chi connectivity index (χ0v) is 15.6. The molecule has 1 spiro atoms. The molecule has 28 heavy (non-hydrogen) atoms. The van der Waals surface area contributed by atoms with Crippen molar-refractivity contribution in [2.24, 2.45) is 11.3 Å². The molecule has 3 aliphatic rings. The highest BCUT2D eigenvalue weighted by molar-refractivity contribution is 5.89. The second-order valence-corrected chi connectivity index (χ2v) is 8.08. The number of aliphatic hydroxyl groups excluding tert-OH is 1. The lowest BCUT2D eigenvalue weighted by Gasteiger charge is -2.42. The van der Waals surface area contributed by atoms with E-state index in [9.17, 15) is 24.9 Å². The summed E-state index contributed by atoms with van der Waals surface area (Å²) >= 11 is 0. The first-order valence-corrected chi connectivity index (χ1v) is 9.47. The molecule has 0 bridgehead atoms. The van der Waals surface area contributed by atoms with Crippen LogP contribution in [0.3, 0.4) is 0 Å². The number of aliphatic hydroxyl groups is 2. The van der Waals surface area contributed by atoms with E-state index in [2.05, 4.69) is 0 Å². The van der Waals surface area contributed by atoms with Crippen LogP contribution in [0.1, 0.15) is 50.7 Å². The minimum absolute atomic E-state index is 0.0119. The summed E-state index contributed by atoms with van der Waals surface area (Å²) in [7, 11) is 0. The first kappa shape index (κ1) is 19.2. The van der Waals surface area contributed by atoms with Gasteiger partial charge in [0.25, 0.3) is 0 Å². The van der Waals surface area contributed by atoms with Crippen LogP contribution in [-0.4, -0.2) is 45.8 Å². The Bertz CT molecular complexity index is 812. The number of carbonyl (C=O) groups excluding carboxylic acids is 1. The van der Waals surface area contributed by atoms with Crippen molar-refractivity contribution in [3.63, 3.8) is 0 Å². The van der Waals surface area contributed by atoms with Crippen molar-refractivity contribution in [1.29, 1.82) is 0 Å². The van der Waals surface area contributed by atoms with Gasteiger partial charge in [-0.1, -0.05) is 5.57 Å². The topological polar surface area (TPSA) is 126 Å². The van der Waals surface area contributed by atoms with Gasteiger partial charge in [0.2, 0.25) is 0 Å². The Morgan fingerprint density at radius 2 is 2.21 bits per heavy atom. The molecule has 3 fully saturated rings. The first-order valence-electron chi connectivity index (χ1n) is 9.47. The third kappa shape index (κ3) is 2.78. The molecule has 0 aromatic carbocycles. The van der Waals surface area contributed by atoms with Crippen LogP contribution >= 0.6 is 0 Å². The molecule has 152 valence electrons. The summed E-state index contributed by atoms with van der Waals surface area (Å²) in [6.45, 7) is 1.67. The van der Waals surface area contributed by atoms with E-state index >= 15 is 0 Å². The molecule has 0 radical (unpaired) electrons. The number of ether oxygens (including phenoxy) is 2. The molecule has 1 saturated carbocycles. The molecule has 8 heteroatoms. The Balaban J connectivity index is 1.64. The summed E-state index contributed by atoms with van der Waals surface area (Å²) in [5.41, 5.74) is 0.0959. The van der Waals surface area contributed by atoms with Gasteiger partial charge in [0.05, 0.1) is 41.6 Å². The molecule has 4 rings (SSSR count). The zero-order valence-electron chi connectivity index (χ0n) is 15.6. The highest BCUT2D eigenvalue weighted by atomic mass is 16.6. The molecule has 8 nitrogen and oxygen atoms in total. The van der Waals surface area contributed by atoms with Gasteiger partial charge in [0.15, 0.2) is 5.79 Å². The predicted octanol–water partition coefficient (Wildman–Crippen LogP) is 1.93. The van der Waals surface area contributed by atoms with Crippen molar-refractivity contribution in [2.45, 2.75) is 57.0 Å². The quantitative estimate of drug-likeness (QED) is 0.512. The third-order valence-corrected chi connectivity index (χ3v) is 6.54. The number of rotatable bonds is 5. The number of hydrogen-bond donors (Lipinski definition) is 3. The maximum absolute atomic E-state index is 12.2. The SMILES string of the molecule is C/C(CC(O)c1ccoc1)=C(/C(=O)O)[C@@H]1C[C@@]23COC(=O)[C@@H]2CCC[C@@]3(O)O1. The van der Waals surface area contributed by atoms with E-state index in [-0.39, 0.29) is 31.0 Å². The van der Waals surface area contributed by atoms with Crippen molar-refractivity contribution in [3.05, 3.63) is 35.3 Å². The van der Waals surface area contributed by atoms with Crippen LogP contribution in [0, 0.1) is 11.3 Å². The third-order valence-electron chi connectivity index (χ3n) is 6.54. The van der Waals surface area contributed by atoms with E-state index in [1.54, 1.807) is 13.0 Å². The number of carbonyl (C=O) groups is 2. The number of carboxylic acids is 1. The number of furan rings is 1. The fraction of sp³-hybridized carbons (Fsp3) is 0.600. The molecule has 1 aromatic rings. The fourth-order valence-electron chi connectivity index (χ4n) is 5.08. The minimum atomic E-state index is -1.59. The fourth-order valence-corrected chi connectivity index (χ4v) is 5.08. The van der Waals surface area contributed by atoms with Gasteiger partial charge in [0, 0.05) is 12.0 Å². The van der Waals surface area contributed by atoms with E-state index in [1.165, 1.54) is 12.5 Å². The summed E-state index contributed by atoms with van der Waals surface area (Å²) in [6.07, 6.45) is 2.87.